The summed E-state index contributed by atoms with van der Waals surface area (Å²) < 4.78 is 13.1. The smallest absolute Gasteiger partial charge is 0.222 e. The minimum absolute atomic E-state index is 0.0530. The Morgan fingerprint density at radius 3 is 2.65 bits per heavy atom. The second-order valence-electron chi connectivity index (χ2n) is 7.55. The van der Waals surface area contributed by atoms with E-state index in [2.05, 4.69) is 15.1 Å². The quantitative estimate of drug-likeness (QED) is 0.790. The minimum Gasteiger partial charge on any atom is -0.356 e. The van der Waals surface area contributed by atoms with Crippen LogP contribution in [-0.2, 0) is 16.1 Å². The first-order valence-electron chi connectivity index (χ1n) is 9.52. The van der Waals surface area contributed by atoms with Gasteiger partial charge in [-0.25, -0.2) is 4.39 Å². The number of nitrogens with one attached hydrogen (secondary N) is 1. The molecule has 3 aliphatic rings. The van der Waals surface area contributed by atoms with Crippen LogP contribution in [0.25, 0.3) is 0 Å². The predicted molar refractivity (Wildman–Crippen MR) is 97.8 cm³/mol. The van der Waals surface area contributed by atoms with Gasteiger partial charge < -0.3 is 10.2 Å². The Kier molecular flexibility index (Phi) is 6.25. The summed E-state index contributed by atoms with van der Waals surface area (Å²) in [5.41, 5.74) is 1.11. The standard InChI is InChI=1S/C20H28FN3O2/c1-15(25)22-10-2-3-20(26)24-13-17-6-9-19(24)14-23(12-17)11-16-4-7-18(21)8-5-16/h4-5,7-8,17,19H,2-3,6,9-14H2,1H3,(H,22,25)/t17-,19+/m0/s1. The molecular formula is C20H28FN3O2. The Hall–Kier alpha value is -1.95. The topological polar surface area (TPSA) is 52.7 Å². The van der Waals surface area contributed by atoms with Gasteiger partial charge in [0.25, 0.3) is 0 Å². The molecule has 6 heteroatoms. The highest BCUT2D eigenvalue weighted by Crippen LogP contribution is 2.29. The molecule has 1 aromatic carbocycles. The zero-order chi connectivity index (χ0) is 18.5. The second-order valence-corrected chi connectivity index (χ2v) is 7.55. The van der Waals surface area contributed by atoms with Gasteiger partial charge in [0.1, 0.15) is 5.82 Å². The van der Waals surface area contributed by atoms with E-state index in [4.69, 9.17) is 0 Å². The van der Waals surface area contributed by atoms with Crippen LogP contribution in [0.4, 0.5) is 4.39 Å². The van der Waals surface area contributed by atoms with E-state index >= 15 is 0 Å². The maximum Gasteiger partial charge on any atom is 0.222 e. The van der Waals surface area contributed by atoms with Crippen molar-refractivity contribution in [1.29, 1.82) is 0 Å². The van der Waals surface area contributed by atoms with Crippen molar-refractivity contribution in [2.45, 2.75) is 45.2 Å². The molecule has 1 aromatic rings. The molecule has 2 bridgehead atoms. The molecule has 26 heavy (non-hydrogen) atoms. The van der Waals surface area contributed by atoms with Crippen LogP contribution >= 0.6 is 0 Å². The molecule has 1 N–H and O–H groups in total. The lowest BCUT2D eigenvalue weighted by Crippen LogP contribution is -2.47. The Labute approximate surface area is 154 Å². The molecule has 2 amide bonds. The van der Waals surface area contributed by atoms with Gasteiger partial charge in [0, 0.05) is 52.1 Å². The molecule has 0 spiro atoms. The molecule has 3 fully saturated rings. The van der Waals surface area contributed by atoms with Crippen LogP contribution in [0.3, 0.4) is 0 Å². The maximum atomic E-state index is 13.1. The minimum atomic E-state index is -0.208. The van der Waals surface area contributed by atoms with E-state index in [0.717, 1.165) is 38.2 Å². The number of hydrogen-bond donors (Lipinski definition) is 1. The van der Waals surface area contributed by atoms with Crippen LogP contribution in [0.5, 0.6) is 0 Å². The highest BCUT2D eigenvalue weighted by molar-refractivity contribution is 5.77. The van der Waals surface area contributed by atoms with Crippen molar-refractivity contribution in [3.63, 3.8) is 0 Å². The fraction of sp³-hybridized carbons (Fsp3) is 0.600. The number of benzene rings is 1. The zero-order valence-corrected chi connectivity index (χ0v) is 15.4. The van der Waals surface area contributed by atoms with E-state index in [1.807, 2.05) is 12.1 Å². The molecule has 3 aliphatic heterocycles. The third kappa shape index (κ3) is 5.04. The summed E-state index contributed by atoms with van der Waals surface area (Å²) in [4.78, 5) is 28.0. The van der Waals surface area contributed by atoms with Gasteiger partial charge in [-0.3, -0.25) is 14.5 Å². The average molecular weight is 361 g/mol. The summed E-state index contributed by atoms with van der Waals surface area (Å²) in [6.07, 6.45) is 3.40. The number of halogens is 1. The van der Waals surface area contributed by atoms with Crippen LogP contribution in [0.1, 0.15) is 38.2 Å². The summed E-state index contributed by atoms with van der Waals surface area (Å²) in [5.74, 6) is 0.450. The first kappa shape index (κ1) is 18.8. The van der Waals surface area contributed by atoms with Crippen molar-refractivity contribution < 1.29 is 14.0 Å². The normalized spacial score (nSPS) is 22.9. The number of amides is 2. The van der Waals surface area contributed by atoms with Gasteiger partial charge in [-0.2, -0.15) is 0 Å². The Bertz CT molecular complexity index is 634. The van der Waals surface area contributed by atoms with Gasteiger partial charge in [-0.15, -0.1) is 0 Å². The summed E-state index contributed by atoms with van der Waals surface area (Å²) >= 11 is 0. The Morgan fingerprint density at radius 2 is 1.92 bits per heavy atom. The van der Waals surface area contributed by atoms with Gasteiger partial charge in [-0.05, 0) is 42.9 Å². The number of rotatable bonds is 6. The highest BCUT2D eigenvalue weighted by Gasteiger charge is 2.36. The predicted octanol–water partition coefficient (Wildman–Crippen LogP) is 2.16. The van der Waals surface area contributed by atoms with E-state index in [1.54, 1.807) is 0 Å². The van der Waals surface area contributed by atoms with E-state index < -0.39 is 0 Å². The van der Waals surface area contributed by atoms with Crippen molar-refractivity contribution >= 4 is 11.8 Å². The fourth-order valence-corrected chi connectivity index (χ4v) is 4.11. The Morgan fingerprint density at radius 1 is 1.15 bits per heavy atom. The monoisotopic (exact) mass is 361 g/mol. The molecule has 0 radical (unpaired) electrons. The average Bonchev–Trinajstić information content (AvgIpc) is 2.91. The third-order valence-corrected chi connectivity index (χ3v) is 5.37. The summed E-state index contributed by atoms with van der Waals surface area (Å²) in [7, 11) is 0. The lowest BCUT2D eigenvalue weighted by molar-refractivity contribution is -0.135. The molecule has 2 atom stereocenters. The number of piperidine rings is 1. The molecule has 4 rings (SSSR count). The zero-order valence-electron chi connectivity index (χ0n) is 15.4. The molecule has 3 saturated heterocycles. The molecule has 0 aromatic heterocycles. The number of fused-ring (bicyclic) bond motifs is 4. The molecule has 142 valence electrons. The molecular weight excluding hydrogens is 333 g/mol. The van der Waals surface area contributed by atoms with Gasteiger partial charge >= 0.3 is 0 Å². The van der Waals surface area contributed by atoms with Gasteiger partial charge in [0.05, 0.1) is 0 Å². The van der Waals surface area contributed by atoms with Gasteiger partial charge in [0.15, 0.2) is 0 Å². The summed E-state index contributed by atoms with van der Waals surface area (Å²) in [5, 5.41) is 2.74. The van der Waals surface area contributed by atoms with Crippen LogP contribution < -0.4 is 5.32 Å². The largest absolute Gasteiger partial charge is 0.356 e. The first-order valence-corrected chi connectivity index (χ1v) is 9.52. The summed E-state index contributed by atoms with van der Waals surface area (Å²) in [6.45, 7) is 5.56. The van der Waals surface area contributed by atoms with Crippen LogP contribution in [-0.4, -0.2) is 53.8 Å². The molecule has 5 nitrogen and oxygen atoms in total. The number of nitrogens with zero attached hydrogens (tertiary/aromatic N) is 2. The number of carbonyl (C=O) groups excluding carboxylic acids is 2. The van der Waals surface area contributed by atoms with Crippen LogP contribution in [0.15, 0.2) is 24.3 Å². The number of carbonyl (C=O) groups is 2. The Balaban J connectivity index is 1.54. The van der Waals surface area contributed by atoms with E-state index in [1.165, 1.54) is 25.5 Å². The van der Waals surface area contributed by atoms with Crippen molar-refractivity contribution in [2.75, 3.05) is 26.2 Å². The highest BCUT2D eigenvalue weighted by atomic mass is 19.1. The number of hydrogen-bond acceptors (Lipinski definition) is 3. The van der Waals surface area contributed by atoms with Crippen LogP contribution in [0, 0.1) is 11.7 Å². The maximum absolute atomic E-state index is 13.1. The van der Waals surface area contributed by atoms with E-state index in [9.17, 15) is 14.0 Å². The molecule has 0 aliphatic carbocycles. The van der Waals surface area contributed by atoms with Crippen molar-refractivity contribution in [1.82, 2.24) is 15.1 Å². The van der Waals surface area contributed by atoms with E-state index in [0.29, 0.717) is 25.3 Å². The first-order chi connectivity index (χ1) is 12.5. The van der Waals surface area contributed by atoms with Crippen molar-refractivity contribution in [2.24, 2.45) is 5.92 Å². The van der Waals surface area contributed by atoms with Crippen molar-refractivity contribution in [3.05, 3.63) is 35.6 Å². The van der Waals surface area contributed by atoms with Crippen molar-refractivity contribution in [3.8, 4) is 0 Å². The molecule has 0 saturated carbocycles. The third-order valence-electron chi connectivity index (χ3n) is 5.37. The van der Waals surface area contributed by atoms with Gasteiger partial charge in [-0.1, -0.05) is 12.1 Å². The SMILES string of the molecule is CC(=O)NCCCC(=O)N1C[C@H]2CC[C@@H]1CN(Cc1ccc(F)cc1)C2. The van der Waals surface area contributed by atoms with E-state index in [-0.39, 0.29) is 23.7 Å². The lowest BCUT2D eigenvalue weighted by Gasteiger charge is -2.36. The molecule has 3 heterocycles. The second kappa shape index (κ2) is 8.62. The van der Waals surface area contributed by atoms with Gasteiger partial charge in [0.2, 0.25) is 11.8 Å². The fourth-order valence-electron chi connectivity index (χ4n) is 4.11. The van der Waals surface area contributed by atoms with Crippen LogP contribution in [0.2, 0.25) is 0 Å². The summed E-state index contributed by atoms with van der Waals surface area (Å²) in [6, 6.07) is 6.96. The lowest BCUT2D eigenvalue weighted by atomic mass is 9.94. The molecule has 0 unspecified atom stereocenters.